The van der Waals surface area contributed by atoms with E-state index in [4.69, 9.17) is 22.9 Å². The van der Waals surface area contributed by atoms with Crippen molar-refractivity contribution in [2.75, 3.05) is 39.3 Å². The summed E-state index contributed by atoms with van der Waals surface area (Å²) in [4.78, 5) is 149. The van der Waals surface area contributed by atoms with Crippen LogP contribution in [0.4, 0.5) is 0 Å². The monoisotopic (exact) mass is 1070 g/mol. The Hall–Kier alpha value is -6.07. The maximum absolute atomic E-state index is 14.0. The van der Waals surface area contributed by atoms with Gasteiger partial charge in [0.15, 0.2) is 0 Å². The van der Waals surface area contributed by atoms with Crippen molar-refractivity contribution in [1.82, 2.24) is 58.5 Å². The summed E-state index contributed by atoms with van der Waals surface area (Å²) in [7, 11) is 0. The molecule has 0 unspecified atom stereocenters. The average molecular weight is 1070 g/mol. The molecule has 11 atom stereocenters. The lowest BCUT2D eigenvalue weighted by Gasteiger charge is -2.27. The highest BCUT2D eigenvalue weighted by atomic mass is 16.3. The molecule has 0 aromatic rings. The summed E-state index contributed by atoms with van der Waals surface area (Å²) >= 11 is 0. The SMILES string of the molecule is CCCCCCCC(=O)N[C@@H](CCN)C(=O)N[C@H](C(=O)N[C@@H](C)C(=O)N[C@H]1CCNC(=O)[C@H]([C@@H](C)O)NC(=O)[C@H](CCN)NC(=O)[C@H](CCN)NC(=O)[C@H](CC(C)C)NC(=O)CNC(=O)[C@H](CCN)NC1=O)[C@@H](C)O. The number of aliphatic hydroxyl groups excluding tert-OH is 2. The smallest absolute Gasteiger partial charge is 0.245 e. The molecular formula is C47H87N15O13. The molecule has 1 saturated heterocycles. The number of aliphatic hydroxyl groups is 2. The Bertz CT molecular complexity index is 1890. The third-order valence-electron chi connectivity index (χ3n) is 11.9. The van der Waals surface area contributed by atoms with Crippen LogP contribution in [0.2, 0.25) is 0 Å². The number of unbranched alkanes of at least 4 members (excludes halogenated alkanes) is 4. The summed E-state index contributed by atoms with van der Waals surface area (Å²) in [5.74, 6) is -9.69. The Labute approximate surface area is 438 Å². The van der Waals surface area contributed by atoms with Crippen LogP contribution in [0.1, 0.15) is 119 Å². The molecule has 0 bridgehead atoms. The molecule has 0 aliphatic carbocycles. The largest absolute Gasteiger partial charge is 0.391 e. The first kappa shape index (κ1) is 66.9. The molecule has 28 heteroatoms. The topological polar surface area (TPSA) is 465 Å². The second-order valence-corrected chi connectivity index (χ2v) is 19.1. The van der Waals surface area contributed by atoms with Gasteiger partial charge in [-0.25, -0.2) is 0 Å². The first-order valence-corrected chi connectivity index (χ1v) is 25.9. The molecule has 1 heterocycles. The average Bonchev–Trinajstić information content (AvgIpc) is 3.34. The maximum Gasteiger partial charge on any atom is 0.245 e. The second kappa shape index (κ2) is 36.0. The van der Waals surface area contributed by atoms with Crippen LogP contribution in [-0.4, -0.2) is 181 Å². The van der Waals surface area contributed by atoms with Crippen LogP contribution in [0, 0.1) is 5.92 Å². The fourth-order valence-electron chi connectivity index (χ4n) is 7.66. The van der Waals surface area contributed by atoms with Gasteiger partial charge in [0.05, 0.1) is 18.8 Å². The molecular weight excluding hydrogens is 983 g/mol. The second-order valence-electron chi connectivity index (χ2n) is 19.1. The van der Waals surface area contributed by atoms with Crippen molar-refractivity contribution in [2.24, 2.45) is 28.9 Å². The van der Waals surface area contributed by atoms with Gasteiger partial charge in [-0.05, 0) is 97.8 Å². The predicted octanol–water partition coefficient (Wildman–Crippen LogP) is -6.43. The van der Waals surface area contributed by atoms with Crippen LogP contribution in [0.15, 0.2) is 0 Å². The molecule has 21 N–H and O–H groups in total. The standard InChI is InChI=1S/C47H87N15O13/c1-7-8-9-10-11-12-35(65)55-30(14-19-49)43(71)62-38(28(6)64)47(75)54-26(4)39(67)57-33-17-22-52-46(74)37(27(5)63)61-44(72)32(16-21-51)59-41(69)31(15-20-50)60-45(73)34(23-25(2)3)56-36(66)24-53-40(68)29(13-18-48)58-42(33)70/h25-34,37-38,63-64H,7-24,48-51H2,1-6H3,(H,52,74)(H,53,68)(H,54,75)(H,55,65)(H,56,66)(H,57,67)(H,58,70)(H,59,69)(H,60,73)(H,61,72)(H,62,71)/t26-,27+,28+,29-,30-,31-,32-,33-,34-,37-,38-/m0/s1. The first-order chi connectivity index (χ1) is 35.4. The van der Waals surface area contributed by atoms with Crippen LogP contribution in [0.25, 0.3) is 0 Å². The molecule has 0 spiro atoms. The maximum atomic E-state index is 14.0. The zero-order valence-corrected chi connectivity index (χ0v) is 44.4. The highest BCUT2D eigenvalue weighted by Gasteiger charge is 2.36. The van der Waals surface area contributed by atoms with E-state index in [9.17, 15) is 63.0 Å². The van der Waals surface area contributed by atoms with Crippen LogP contribution in [-0.2, 0) is 52.7 Å². The van der Waals surface area contributed by atoms with E-state index in [1.807, 2.05) is 0 Å². The highest BCUT2D eigenvalue weighted by molar-refractivity contribution is 5.98. The van der Waals surface area contributed by atoms with Gasteiger partial charge in [-0.3, -0.25) is 52.7 Å². The number of carbonyl (C=O) groups excluding carboxylic acids is 11. The van der Waals surface area contributed by atoms with Crippen molar-refractivity contribution >= 4 is 65.0 Å². The fraction of sp³-hybridized carbons (Fsp3) is 0.766. The fourth-order valence-corrected chi connectivity index (χ4v) is 7.66. The molecule has 1 rings (SSSR count). The third-order valence-corrected chi connectivity index (χ3v) is 11.9. The van der Waals surface area contributed by atoms with Crippen molar-refractivity contribution in [3.63, 3.8) is 0 Å². The summed E-state index contributed by atoms with van der Waals surface area (Å²) in [6, 6.07) is -12.9. The summed E-state index contributed by atoms with van der Waals surface area (Å²) in [6.45, 7) is 7.74. The van der Waals surface area contributed by atoms with Gasteiger partial charge >= 0.3 is 0 Å². The molecule has 1 fully saturated rings. The van der Waals surface area contributed by atoms with E-state index < -0.39 is 151 Å². The van der Waals surface area contributed by atoms with Gasteiger partial charge in [-0.15, -0.1) is 0 Å². The van der Waals surface area contributed by atoms with E-state index in [-0.39, 0.29) is 70.6 Å². The minimum Gasteiger partial charge on any atom is -0.391 e. The molecule has 75 heavy (non-hydrogen) atoms. The summed E-state index contributed by atoms with van der Waals surface area (Å²) in [6.07, 6.45) is 0.748. The number of rotatable bonds is 25. The molecule has 428 valence electrons. The van der Waals surface area contributed by atoms with E-state index >= 15 is 0 Å². The Morgan fingerprint density at radius 2 is 1.15 bits per heavy atom. The zero-order valence-electron chi connectivity index (χ0n) is 44.4. The van der Waals surface area contributed by atoms with E-state index in [1.165, 1.54) is 20.8 Å². The van der Waals surface area contributed by atoms with Crippen molar-refractivity contribution < 1.29 is 63.0 Å². The minimum absolute atomic E-state index is 0.00408. The van der Waals surface area contributed by atoms with E-state index in [0.29, 0.717) is 6.42 Å². The van der Waals surface area contributed by atoms with Crippen molar-refractivity contribution in [2.45, 2.75) is 185 Å². The molecule has 11 amide bonds. The van der Waals surface area contributed by atoms with Crippen molar-refractivity contribution in [3.8, 4) is 0 Å². The van der Waals surface area contributed by atoms with Crippen molar-refractivity contribution in [3.05, 3.63) is 0 Å². The van der Waals surface area contributed by atoms with Gasteiger partial charge < -0.3 is 91.6 Å². The quantitative estimate of drug-likeness (QED) is 0.0378. The number of hydrogen-bond donors (Lipinski definition) is 17. The molecule has 28 nitrogen and oxygen atoms in total. The Morgan fingerprint density at radius 3 is 1.68 bits per heavy atom. The number of carbonyl (C=O) groups is 11. The number of nitrogens with two attached hydrogens (primary N) is 4. The summed E-state index contributed by atoms with van der Waals surface area (Å²) in [5.41, 5.74) is 23.0. The highest BCUT2D eigenvalue weighted by Crippen LogP contribution is 2.09. The lowest BCUT2D eigenvalue weighted by atomic mass is 10.0. The van der Waals surface area contributed by atoms with Gasteiger partial charge in [0.25, 0.3) is 0 Å². The summed E-state index contributed by atoms with van der Waals surface area (Å²) in [5, 5.41) is 48.4. The molecule has 0 aromatic carbocycles. The van der Waals surface area contributed by atoms with Crippen LogP contribution in [0.3, 0.4) is 0 Å². The number of amides is 11. The van der Waals surface area contributed by atoms with Gasteiger partial charge in [0, 0.05) is 13.0 Å². The first-order valence-electron chi connectivity index (χ1n) is 25.9. The lowest BCUT2D eigenvalue weighted by molar-refractivity contribution is -0.136. The zero-order chi connectivity index (χ0) is 56.8. The molecule has 0 saturated carbocycles. The Balaban J connectivity index is 3.55. The normalized spacial score (nSPS) is 23.0. The third kappa shape index (κ3) is 25.3. The van der Waals surface area contributed by atoms with Gasteiger partial charge in [0.2, 0.25) is 65.0 Å². The summed E-state index contributed by atoms with van der Waals surface area (Å²) < 4.78 is 0. The Kier molecular flexibility index (Phi) is 32.1. The van der Waals surface area contributed by atoms with Gasteiger partial charge in [-0.2, -0.15) is 0 Å². The van der Waals surface area contributed by atoms with Crippen molar-refractivity contribution in [1.29, 1.82) is 0 Å². The van der Waals surface area contributed by atoms with Crippen LogP contribution in [0.5, 0.6) is 0 Å². The number of nitrogens with one attached hydrogen (secondary N) is 11. The van der Waals surface area contributed by atoms with Gasteiger partial charge in [0.1, 0.15) is 54.4 Å². The molecule has 0 aromatic heterocycles. The minimum atomic E-state index is -1.66. The van der Waals surface area contributed by atoms with Gasteiger partial charge in [-0.1, -0.05) is 46.5 Å². The molecule has 1 aliphatic heterocycles. The molecule has 1 aliphatic rings. The lowest BCUT2D eigenvalue weighted by Crippen LogP contribution is -2.61. The molecule has 0 radical (unpaired) electrons. The number of hydrogen-bond acceptors (Lipinski definition) is 17. The van der Waals surface area contributed by atoms with E-state index in [0.717, 1.165) is 25.7 Å². The Morgan fingerprint density at radius 1 is 0.600 bits per heavy atom. The van der Waals surface area contributed by atoms with Crippen LogP contribution >= 0.6 is 0 Å². The van der Waals surface area contributed by atoms with E-state index in [2.05, 4.69) is 65.4 Å². The van der Waals surface area contributed by atoms with Crippen LogP contribution < -0.4 is 81.4 Å². The predicted molar refractivity (Wildman–Crippen MR) is 275 cm³/mol. The van der Waals surface area contributed by atoms with E-state index in [1.54, 1.807) is 13.8 Å².